The topological polar surface area (TPSA) is 81.2 Å². The number of non-ortho nitro benzene ring substituents is 1. The maximum absolute atomic E-state index is 10.6. The van der Waals surface area contributed by atoms with Crippen molar-refractivity contribution < 1.29 is 4.92 Å². The van der Waals surface area contributed by atoms with Crippen molar-refractivity contribution in [3.05, 3.63) is 28.3 Å². The van der Waals surface area contributed by atoms with Crippen molar-refractivity contribution in [2.75, 3.05) is 11.1 Å². The Bertz CT molecular complexity index is 495. The van der Waals surface area contributed by atoms with E-state index >= 15 is 0 Å². The zero-order chi connectivity index (χ0) is 13.7. The van der Waals surface area contributed by atoms with Crippen LogP contribution in [0.3, 0.4) is 0 Å². The molecular weight excluding hydrogens is 230 g/mol. The van der Waals surface area contributed by atoms with Gasteiger partial charge in [-0.05, 0) is 16.9 Å². The van der Waals surface area contributed by atoms with Crippen molar-refractivity contribution in [1.82, 2.24) is 0 Å². The summed E-state index contributed by atoms with van der Waals surface area (Å²) < 4.78 is 0. The van der Waals surface area contributed by atoms with Gasteiger partial charge in [-0.1, -0.05) is 27.7 Å². The fraction of sp³-hybridized carbons (Fsp3) is 0.538. The molecule has 0 spiro atoms. The van der Waals surface area contributed by atoms with E-state index < -0.39 is 4.92 Å². The zero-order valence-corrected chi connectivity index (χ0v) is 11.2. The molecule has 5 heteroatoms. The molecule has 0 unspecified atom stereocenters. The Balaban J connectivity index is 2.20. The van der Waals surface area contributed by atoms with Gasteiger partial charge in [0.05, 0.1) is 16.3 Å². The Kier molecular flexibility index (Phi) is 2.54. The van der Waals surface area contributed by atoms with Crippen LogP contribution >= 0.6 is 0 Å². The summed E-state index contributed by atoms with van der Waals surface area (Å²) in [5.41, 5.74) is 7.44. The molecule has 0 saturated heterocycles. The number of nitrogens with two attached hydrogens (primary N) is 1. The first-order valence-corrected chi connectivity index (χ1v) is 5.98. The molecule has 1 fully saturated rings. The van der Waals surface area contributed by atoms with Crippen molar-refractivity contribution >= 4 is 17.1 Å². The average Bonchev–Trinajstić information content (AvgIpc) is 2.63. The lowest BCUT2D eigenvalue weighted by Crippen LogP contribution is -2.11. The predicted molar refractivity (Wildman–Crippen MR) is 72.5 cm³/mol. The fourth-order valence-electron chi connectivity index (χ4n) is 2.51. The molecule has 5 nitrogen and oxygen atoms in total. The second-order valence-electron chi connectivity index (χ2n) is 6.05. The smallest absolute Gasteiger partial charge is 0.271 e. The molecule has 0 heterocycles. The molecular formula is C13H19N3O2. The summed E-state index contributed by atoms with van der Waals surface area (Å²) in [6.07, 6.45) is 0. The van der Waals surface area contributed by atoms with Crippen LogP contribution in [0, 0.1) is 20.9 Å². The highest BCUT2D eigenvalue weighted by molar-refractivity contribution is 5.70. The Morgan fingerprint density at radius 2 is 1.83 bits per heavy atom. The Morgan fingerprint density at radius 3 is 2.22 bits per heavy atom. The molecule has 0 radical (unpaired) electrons. The molecule has 0 bridgehead atoms. The summed E-state index contributed by atoms with van der Waals surface area (Å²) in [4.78, 5) is 10.2. The van der Waals surface area contributed by atoms with Crippen molar-refractivity contribution in [3.8, 4) is 0 Å². The molecule has 1 aromatic rings. The lowest BCUT2D eigenvalue weighted by molar-refractivity contribution is -0.384. The Hall–Kier alpha value is -1.78. The molecule has 2 rings (SSSR count). The molecule has 1 aromatic carbocycles. The van der Waals surface area contributed by atoms with Crippen LogP contribution in [0.2, 0.25) is 0 Å². The summed E-state index contributed by atoms with van der Waals surface area (Å²) >= 11 is 0. The largest absolute Gasteiger partial charge is 0.397 e. The van der Waals surface area contributed by atoms with Crippen LogP contribution in [0.4, 0.5) is 17.1 Å². The van der Waals surface area contributed by atoms with Crippen LogP contribution in [0.1, 0.15) is 27.7 Å². The first-order valence-electron chi connectivity index (χ1n) is 5.98. The van der Waals surface area contributed by atoms with Gasteiger partial charge in [-0.15, -0.1) is 0 Å². The lowest BCUT2D eigenvalue weighted by atomic mass is 10.0. The first-order chi connectivity index (χ1) is 8.18. The van der Waals surface area contributed by atoms with E-state index in [1.165, 1.54) is 12.1 Å². The second kappa shape index (κ2) is 3.60. The predicted octanol–water partition coefficient (Wildman–Crippen LogP) is 3.02. The van der Waals surface area contributed by atoms with E-state index in [1.54, 1.807) is 6.07 Å². The third-order valence-electron chi connectivity index (χ3n) is 4.57. The van der Waals surface area contributed by atoms with Gasteiger partial charge >= 0.3 is 0 Å². The number of nitrogen functional groups attached to an aromatic ring is 1. The molecule has 0 amide bonds. The first kappa shape index (κ1) is 12.7. The molecule has 18 heavy (non-hydrogen) atoms. The quantitative estimate of drug-likeness (QED) is 0.490. The van der Waals surface area contributed by atoms with Crippen LogP contribution in [0.25, 0.3) is 0 Å². The van der Waals surface area contributed by atoms with Gasteiger partial charge in [0.15, 0.2) is 0 Å². The van der Waals surface area contributed by atoms with E-state index in [4.69, 9.17) is 5.73 Å². The number of nitro groups is 1. The number of anilines is 2. The number of rotatable bonds is 3. The third kappa shape index (κ3) is 1.70. The van der Waals surface area contributed by atoms with E-state index in [0.717, 1.165) is 5.69 Å². The normalized spacial score (nSPS) is 20.4. The van der Waals surface area contributed by atoms with Crippen LogP contribution < -0.4 is 11.1 Å². The maximum atomic E-state index is 10.6. The zero-order valence-electron chi connectivity index (χ0n) is 11.2. The van der Waals surface area contributed by atoms with Gasteiger partial charge in [0.2, 0.25) is 0 Å². The van der Waals surface area contributed by atoms with Gasteiger partial charge in [-0.3, -0.25) is 10.1 Å². The number of benzene rings is 1. The molecule has 0 atom stereocenters. The van der Waals surface area contributed by atoms with Crippen molar-refractivity contribution in [3.63, 3.8) is 0 Å². The molecule has 1 aliphatic carbocycles. The van der Waals surface area contributed by atoms with E-state index in [1.807, 2.05) is 0 Å². The van der Waals surface area contributed by atoms with Gasteiger partial charge in [-0.25, -0.2) is 0 Å². The van der Waals surface area contributed by atoms with E-state index in [-0.39, 0.29) is 16.5 Å². The second-order valence-corrected chi connectivity index (χ2v) is 6.05. The summed E-state index contributed by atoms with van der Waals surface area (Å²) in [7, 11) is 0. The van der Waals surface area contributed by atoms with Gasteiger partial charge < -0.3 is 11.1 Å². The maximum Gasteiger partial charge on any atom is 0.271 e. The molecule has 0 aliphatic heterocycles. The minimum absolute atomic E-state index is 0.0207. The number of nitrogens with one attached hydrogen (secondary N) is 1. The molecule has 0 aromatic heterocycles. The number of nitrogens with zero attached hydrogens (tertiary/aromatic N) is 1. The summed E-state index contributed by atoms with van der Waals surface area (Å²) in [5.74, 6) is 0. The number of hydrogen-bond acceptors (Lipinski definition) is 4. The summed E-state index contributed by atoms with van der Waals surface area (Å²) in [6, 6.07) is 4.87. The van der Waals surface area contributed by atoms with Crippen LogP contribution in [0.15, 0.2) is 18.2 Å². The third-order valence-corrected chi connectivity index (χ3v) is 4.57. The highest BCUT2D eigenvalue weighted by Crippen LogP contribution is 2.63. The molecule has 1 saturated carbocycles. The lowest BCUT2D eigenvalue weighted by Gasteiger charge is -2.10. The SMILES string of the molecule is CC1(C)C(Nc2ccc([N+](=O)[O-])cc2N)C1(C)C. The van der Waals surface area contributed by atoms with E-state index in [0.29, 0.717) is 11.7 Å². The highest BCUT2D eigenvalue weighted by atomic mass is 16.6. The van der Waals surface area contributed by atoms with E-state index in [9.17, 15) is 10.1 Å². The molecule has 1 aliphatic rings. The van der Waals surface area contributed by atoms with Gasteiger partial charge in [0, 0.05) is 18.2 Å². The van der Waals surface area contributed by atoms with Crippen molar-refractivity contribution in [1.29, 1.82) is 0 Å². The fourth-order valence-corrected chi connectivity index (χ4v) is 2.51. The minimum atomic E-state index is -0.439. The molecule has 98 valence electrons. The van der Waals surface area contributed by atoms with Crippen LogP contribution in [-0.4, -0.2) is 11.0 Å². The molecule has 3 N–H and O–H groups in total. The van der Waals surface area contributed by atoms with Crippen LogP contribution in [0.5, 0.6) is 0 Å². The standard InChI is InChI=1S/C13H19N3O2/c1-12(2)11(13(12,3)4)15-10-6-5-8(16(17)18)7-9(10)14/h5-7,11,15H,14H2,1-4H3. The average molecular weight is 249 g/mol. The van der Waals surface area contributed by atoms with Gasteiger partial charge in [0.25, 0.3) is 5.69 Å². The van der Waals surface area contributed by atoms with Gasteiger partial charge in [-0.2, -0.15) is 0 Å². The van der Waals surface area contributed by atoms with E-state index in [2.05, 4.69) is 33.0 Å². The van der Waals surface area contributed by atoms with Crippen molar-refractivity contribution in [2.45, 2.75) is 33.7 Å². The van der Waals surface area contributed by atoms with Crippen molar-refractivity contribution in [2.24, 2.45) is 10.8 Å². The monoisotopic (exact) mass is 249 g/mol. The highest BCUT2D eigenvalue weighted by Gasteiger charge is 2.65. The Labute approximate surface area is 107 Å². The van der Waals surface area contributed by atoms with Gasteiger partial charge in [0.1, 0.15) is 0 Å². The Morgan fingerprint density at radius 1 is 1.28 bits per heavy atom. The minimum Gasteiger partial charge on any atom is -0.397 e. The summed E-state index contributed by atoms with van der Waals surface area (Å²) in [6.45, 7) is 8.80. The van der Waals surface area contributed by atoms with Crippen LogP contribution in [-0.2, 0) is 0 Å². The number of hydrogen-bond donors (Lipinski definition) is 2. The summed E-state index contributed by atoms with van der Waals surface area (Å²) in [5, 5.41) is 14.0. The number of nitro benzene ring substituents is 1.